The predicted octanol–water partition coefficient (Wildman–Crippen LogP) is 3.11. The Bertz CT molecular complexity index is 402. The maximum Gasteiger partial charge on any atom is 0.124 e. The molecule has 3 nitrogen and oxygen atoms in total. The van der Waals surface area contributed by atoms with Crippen molar-refractivity contribution in [1.29, 1.82) is 5.41 Å². The number of benzene rings is 1. The third-order valence-electron chi connectivity index (χ3n) is 2.56. The van der Waals surface area contributed by atoms with E-state index >= 15 is 0 Å². The van der Waals surface area contributed by atoms with Gasteiger partial charge in [-0.25, -0.2) is 0 Å². The molecule has 0 aliphatic heterocycles. The highest BCUT2D eigenvalue weighted by atomic mass is 35.5. The summed E-state index contributed by atoms with van der Waals surface area (Å²) in [7, 11) is 0. The smallest absolute Gasteiger partial charge is 0.124 e. The molecule has 0 spiro atoms. The zero-order chi connectivity index (χ0) is 13.0. The van der Waals surface area contributed by atoms with E-state index in [1.54, 1.807) is 6.07 Å². The van der Waals surface area contributed by atoms with Crippen LogP contribution in [0.1, 0.15) is 26.3 Å². The largest absolute Gasteiger partial charge is 0.384 e. The normalized spacial score (nSPS) is 10.6. The van der Waals surface area contributed by atoms with Crippen molar-refractivity contribution >= 4 is 23.1 Å². The van der Waals surface area contributed by atoms with E-state index in [0.29, 0.717) is 16.5 Å². The van der Waals surface area contributed by atoms with Gasteiger partial charge in [-0.3, -0.25) is 5.41 Å². The predicted molar refractivity (Wildman–Crippen MR) is 75.2 cm³/mol. The minimum absolute atomic E-state index is 0.0599. The van der Waals surface area contributed by atoms with Gasteiger partial charge in [0.25, 0.3) is 0 Å². The summed E-state index contributed by atoms with van der Waals surface area (Å²) >= 11 is 5.94. The molecule has 4 heteroatoms. The number of hydrogen-bond acceptors (Lipinski definition) is 2. The van der Waals surface area contributed by atoms with Gasteiger partial charge in [-0.2, -0.15) is 0 Å². The zero-order valence-electron chi connectivity index (χ0n) is 10.6. The number of hydrogen-bond donors (Lipinski definition) is 2. The average molecular weight is 254 g/mol. The highest BCUT2D eigenvalue weighted by Crippen LogP contribution is 2.24. The van der Waals surface area contributed by atoms with Crippen molar-refractivity contribution in [2.24, 2.45) is 11.7 Å². The highest BCUT2D eigenvalue weighted by Gasteiger charge is 2.13. The quantitative estimate of drug-likeness (QED) is 0.626. The van der Waals surface area contributed by atoms with E-state index in [-0.39, 0.29) is 5.84 Å². The molecule has 0 amide bonds. The standard InChI is InChI=1S/C13H20ClN3/c1-4-17(8-9(2)3)12-6-5-10(14)7-11(12)13(15)16/h5-7,9H,4,8H2,1-3H3,(H3,15,16). The third kappa shape index (κ3) is 3.63. The van der Waals surface area contributed by atoms with E-state index in [1.807, 2.05) is 12.1 Å². The van der Waals surface area contributed by atoms with Gasteiger partial charge in [-0.1, -0.05) is 25.4 Å². The van der Waals surface area contributed by atoms with Gasteiger partial charge in [-0.05, 0) is 31.0 Å². The molecule has 1 aromatic rings. The maximum absolute atomic E-state index is 7.62. The molecule has 0 heterocycles. The Hall–Kier alpha value is -1.22. The van der Waals surface area contributed by atoms with Crippen LogP contribution < -0.4 is 10.6 Å². The number of rotatable bonds is 5. The van der Waals surface area contributed by atoms with Gasteiger partial charge >= 0.3 is 0 Å². The summed E-state index contributed by atoms with van der Waals surface area (Å²) in [5.74, 6) is 0.621. The number of nitrogen functional groups attached to an aromatic ring is 1. The first-order valence-electron chi connectivity index (χ1n) is 5.84. The number of anilines is 1. The lowest BCUT2D eigenvalue weighted by Gasteiger charge is -2.27. The molecule has 1 rings (SSSR count). The Labute approximate surface area is 108 Å². The van der Waals surface area contributed by atoms with Crippen LogP contribution in [-0.2, 0) is 0 Å². The molecular formula is C13H20ClN3. The zero-order valence-corrected chi connectivity index (χ0v) is 11.4. The molecular weight excluding hydrogens is 234 g/mol. The van der Waals surface area contributed by atoms with Crippen LogP contribution in [0, 0.1) is 11.3 Å². The Kier molecular flexibility index (Phi) is 4.82. The van der Waals surface area contributed by atoms with E-state index in [1.165, 1.54) is 0 Å². The van der Waals surface area contributed by atoms with E-state index in [9.17, 15) is 0 Å². The SMILES string of the molecule is CCN(CC(C)C)c1ccc(Cl)cc1C(=N)N. The fraction of sp³-hybridized carbons (Fsp3) is 0.462. The first-order valence-corrected chi connectivity index (χ1v) is 6.22. The van der Waals surface area contributed by atoms with E-state index in [0.717, 1.165) is 18.8 Å². The second kappa shape index (κ2) is 5.92. The van der Waals surface area contributed by atoms with Crippen molar-refractivity contribution < 1.29 is 0 Å². The molecule has 0 aliphatic carbocycles. The first-order chi connectivity index (χ1) is 7.95. The van der Waals surface area contributed by atoms with Crippen molar-refractivity contribution in [3.05, 3.63) is 28.8 Å². The molecule has 0 atom stereocenters. The number of nitrogens with one attached hydrogen (secondary N) is 1. The molecule has 0 fully saturated rings. The summed E-state index contributed by atoms with van der Waals surface area (Å²) in [6, 6.07) is 5.53. The van der Waals surface area contributed by atoms with Crippen LogP contribution in [0.25, 0.3) is 0 Å². The van der Waals surface area contributed by atoms with Gasteiger partial charge in [0, 0.05) is 29.4 Å². The lowest BCUT2D eigenvalue weighted by Crippen LogP contribution is -2.29. The molecule has 0 aromatic heterocycles. The van der Waals surface area contributed by atoms with Crippen LogP contribution in [0.3, 0.4) is 0 Å². The number of amidine groups is 1. The summed E-state index contributed by atoms with van der Waals surface area (Å²) in [6.45, 7) is 8.28. The fourth-order valence-electron chi connectivity index (χ4n) is 1.84. The molecule has 94 valence electrons. The Balaban J connectivity index is 3.14. The number of nitrogens with zero attached hydrogens (tertiary/aromatic N) is 1. The molecule has 1 aromatic carbocycles. The van der Waals surface area contributed by atoms with Gasteiger partial charge in [-0.15, -0.1) is 0 Å². The van der Waals surface area contributed by atoms with Crippen molar-refractivity contribution in [1.82, 2.24) is 0 Å². The van der Waals surface area contributed by atoms with Gasteiger partial charge in [0.2, 0.25) is 0 Å². The molecule has 0 radical (unpaired) electrons. The second-order valence-corrected chi connectivity index (χ2v) is 4.94. The van der Waals surface area contributed by atoms with E-state index in [2.05, 4.69) is 25.7 Å². The summed E-state index contributed by atoms with van der Waals surface area (Å²) < 4.78 is 0. The maximum atomic E-state index is 7.62. The van der Waals surface area contributed by atoms with Gasteiger partial charge in [0.15, 0.2) is 0 Å². The Morgan fingerprint density at radius 1 is 1.47 bits per heavy atom. The minimum Gasteiger partial charge on any atom is -0.384 e. The topological polar surface area (TPSA) is 53.1 Å². The van der Waals surface area contributed by atoms with Crippen LogP contribution in [0.2, 0.25) is 5.02 Å². The van der Waals surface area contributed by atoms with Gasteiger partial charge < -0.3 is 10.6 Å². The summed E-state index contributed by atoms with van der Waals surface area (Å²) in [4.78, 5) is 2.22. The van der Waals surface area contributed by atoms with Crippen LogP contribution in [0.15, 0.2) is 18.2 Å². The highest BCUT2D eigenvalue weighted by molar-refractivity contribution is 6.31. The van der Waals surface area contributed by atoms with Crippen molar-refractivity contribution in [2.45, 2.75) is 20.8 Å². The number of nitrogens with two attached hydrogens (primary N) is 1. The summed E-state index contributed by atoms with van der Waals surface area (Å²) in [5.41, 5.74) is 7.30. The molecule has 17 heavy (non-hydrogen) atoms. The molecule has 3 N–H and O–H groups in total. The van der Waals surface area contributed by atoms with Crippen molar-refractivity contribution in [2.75, 3.05) is 18.0 Å². The van der Waals surface area contributed by atoms with Crippen molar-refractivity contribution in [3.63, 3.8) is 0 Å². The third-order valence-corrected chi connectivity index (χ3v) is 2.79. The van der Waals surface area contributed by atoms with Crippen molar-refractivity contribution in [3.8, 4) is 0 Å². The average Bonchev–Trinajstić information content (AvgIpc) is 2.25. The van der Waals surface area contributed by atoms with Gasteiger partial charge in [0.05, 0.1) is 0 Å². The van der Waals surface area contributed by atoms with Crippen LogP contribution in [-0.4, -0.2) is 18.9 Å². The van der Waals surface area contributed by atoms with Gasteiger partial charge in [0.1, 0.15) is 5.84 Å². The van der Waals surface area contributed by atoms with E-state index in [4.69, 9.17) is 22.7 Å². The molecule has 0 aliphatic rings. The van der Waals surface area contributed by atoms with E-state index < -0.39 is 0 Å². The lowest BCUT2D eigenvalue weighted by molar-refractivity contribution is 0.618. The minimum atomic E-state index is 0.0599. The van der Waals surface area contributed by atoms with Crippen LogP contribution >= 0.6 is 11.6 Å². The van der Waals surface area contributed by atoms with Crippen LogP contribution in [0.5, 0.6) is 0 Å². The molecule has 0 unspecified atom stereocenters. The molecule has 0 bridgehead atoms. The molecule has 0 saturated heterocycles. The fourth-order valence-corrected chi connectivity index (χ4v) is 2.01. The monoisotopic (exact) mass is 253 g/mol. The number of halogens is 1. The second-order valence-electron chi connectivity index (χ2n) is 4.51. The lowest BCUT2D eigenvalue weighted by atomic mass is 10.1. The first kappa shape index (κ1) is 13.8. The Morgan fingerprint density at radius 3 is 2.59 bits per heavy atom. The Morgan fingerprint density at radius 2 is 2.12 bits per heavy atom. The summed E-state index contributed by atoms with van der Waals surface area (Å²) in [5, 5.41) is 8.23. The van der Waals surface area contributed by atoms with Crippen LogP contribution in [0.4, 0.5) is 5.69 Å². The summed E-state index contributed by atoms with van der Waals surface area (Å²) in [6.07, 6.45) is 0. The molecule has 0 saturated carbocycles.